The number of hydrogen-bond donors (Lipinski definition) is 1. The highest BCUT2D eigenvalue weighted by atomic mass is 32.2. The van der Waals surface area contributed by atoms with E-state index < -0.39 is 15.8 Å². The number of hydrogen-bond acceptors (Lipinski definition) is 3. The van der Waals surface area contributed by atoms with Crippen molar-refractivity contribution in [1.29, 1.82) is 0 Å². The quantitative estimate of drug-likeness (QED) is 0.678. The molecule has 4 heteroatoms. The lowest BCUT2D eigenvalue weighted by molar-refractivity contribution is 0.198. The fourth-order valence-electron chi connectivity index (χ4n) is 2.82. The molecule has 0 fully saturated rings. The molecule has 0 amide bonds. The summed E-state index contributed by atoms with van der Waals surface area (Å²) in [4.78, 5) is 0.669. The Morgan fingerprint density at radius 2 is 1.27 bits per heavy atom. The second kappa shape index (κ2) is 8.79. The fourth-order valence-corrected chi connectivity index (χ4v) is 4.85. The largest absolute Gasteiger partial charge is 0.392 e. The van der Waals surface area contributed by atoms with Gasteiger partial charge in [0.25, 0.3) is 0 Å². The molecule has 3 nitrogen and oxygen atoms in total. The van der Waals surface area contributed by atoms with E-state index >= 15 is 0 Å². The molecule has 0 saturated heterocycles. The third-order valence-corrected chi connectivity index (χ3v) is 6.53. The van der Waals surface area contributed by atoms with Gasteiger partial charge in [0.2, 0.25) is 0 Å². The molecule has 0 radical (unpaired) electrons. The first-order valence-electron chi connectivity index (χ1n) is 8.67. The summed E-state index contributed by atoms with van der Waals surface area (Å²) in [6, 6.07) is 28.8. The first kappa shape index (κ1) is 18.4. The summed E-state index contributed by atoms with van der Waals surface area (Å²) in [6.07, 6.45) is -0.254. The van der Waals surface area contributed by atoms with E-state index in [2.05, 4.69) is 4.36 Å². The van der Waals surface area contributed by atoms with E-state index in [1.54, 1.807) is 0 Å². The summed E-state index contributed by atoms with van der Waals surface area (Å²) in [6.45, 7) is 0.368. The maximum Gasteiger partial charge on any atom is 0.0781 e. The van der Waals surface area contributed by atoms with E-state index in [0.717, 1.165) is 11.1 Å². The van der Waals surface area contributed by atoms with Crippen molar-refractivity contribution in [3.8, 4) is 0 Å². The van der Waals surface area contributed by atoms with Crippen molar-refractivity contribution in [1.82, 2.24) is 0 Å². The topological polar surface area (TPSA) is 49.7 Å². The van der Waals surface area contributed by atoms with Crippen molar-refractivity contribution < 1.29 is 9.32 Å². The maximum atomic E-state index is 13.6. The molecule has 134 valence electrons. The van der Waals surface area contributed by atoms with Crippen LogP contribution in [0.4, 0.5) is 0 Å². The maximum absolute atomic E-state index is 13.6. The lowest BCUT2D eigenvalue weighted by atomic mass is 10.1. The number of benzene rings is 3. The van der Waals surface area contributed by atoms with Crippen LogP contribution >= 0.6 is 0 Å². The average Bonchev–Trinajstić information content (AvgIpc) is 2.69. The van der Waals surface area contributed by atoms with E-state index in [1.807, 2.05) is 91.0 Å². The van der Waals surface area contributed by atoms with Gasteiger partial charge >= 0.3 is 0 Å². The van der Waals surface area contributed by atoms with Crippen LogP contribution in [0.1, 0.15) is 11.1 Å². The molecule has 2 atom stereocenters. The highest BCUT2D eigenvalue weighted by Gasteiger charge is 2.18. The number of aliphatic hydroxyl groups is 1. The van der Waals surface area contributed by atoms with Gasteiger partial charge in [-0.3, -0.25) is 0 Å². The standard InChI is InChI=1S/C22H23NO2S/c24-21(16-19-10-4-1-5-11-19)18-26(25,22-14-8-3-9-15-22)23-17-20-12-6-2-7-13-20/h1-15,21,24H,16-18H2. The molecule has 0 saturated carbocycles. The molecule has 0 heterocycles. The van der Waals surface area contributed by atoms with Crippen molar-refractivity contribution in [2.75, 3.05) is 5.75 Å². The van der Waals surface area contributed by atoms with E-state index in [9.17, 15) is 9.32 Å². The summed E-state index contributed by atoms with van der Waals surface area (Å²) in [7, 11) is -2.71. The Balaban J connectivity index is 1.84. The molecule has 1 N–H and O–H groups in total. The minimum atomic E-state index is -2.71. The van der Waals surface area contributed by atoms with Crippen LogP contribution in [-0.2, 0) is 22.7 Å². The SMILES string of the molecule is O=S(CC(O)Cc1ccccc1)(=NCc1ccccc1)c1ccccc1. The van der Waals surface area contributed by atoms with Crippen LogP contribution in [-0.4, -0.2) is 21.2 Å². The molecule has 0 aliphatic rings. The molecule has 0 aliphatic carbocycles. The molecule has 0 spiro atoms. The second-order valence-corrected chi connectivity index (χ2v) is 8.58. The molecule has 0 aliphatic heterocycles. The average molecular weight is 365 g/mol. The van der Waals surface area contributed by atoms with Gasteiger partial charge in [-0.25, -0.2) is 8.57 Å². The first-order chi connectivity index (χ1) is 12.7. The van der Waals surface area contributed by atoms with Crippen LogP contribution in [0.2, 0.25) is 0 Å². The molecular weight excluding hydrogens is 342 g/mol. The Labute approximate surface area is 155 Å². The Morgan fingerprint density at radius 1 is 0.769 bits per heavy atom. The minimum absolute atomic E-state index is 0.124. The van der Waals surface area contributed by atoms with E-state index in [-0.39, 0.29) is 5.75 Å². The third-order valence-electron chi connectivity index (χ3n) is 4.14. The third kappa shape index (κ3) is 5.04. The van der Waals surface area contributed by atoms with Gasteiger partial charge in [0, 0.05) is 4.90 Å². The summed E-state index contributed by atoms with van der Waals surface area (Å²) in [5.41, 5.74) is 2.03. The van der Waals surface area contributed by atoms with E-state index in [0.29, 0.717) is 17.9 Å². The monoisotopic (exact) mass is 365 g/mol. The molecule has 3 rings (SSSR count). The van der Waals surface area contributed by atoms with Crippen LogP contribution in [0.5, 0.6) is 0 Å². The van der Waals surface area contributed by atoms with Crippen LogP contribution in [0.25, 0.3) is 0 Å². The van der Waals surface area contributed by atoms with Gasteiger partial charge in [-0.05, 0) is 29.7 Å². The van der Waals surface area contributed by atoms with E-state index in [4.69, 9.17) is 0 Å². The molecule has 0 aromatic heterocycles. The Hall–Kier alpha value is -2.43. The van der Waals surface area contributed by atoms with Crippen LogP contribution in [0.15, 0.2) is 100 Å². The number of nitrogens with zero attached hydrogens (tertiary/aromatic N) is 1. The van der Waals surface area contributed by atoms with Crippen molar-refractivity contribution in [3.63, 3.8) is 0 Å². The van der Waals surface area contributed by atoms with Crippen LogP contribution < -0.4 is 0 Å². The van der Waals surface area contributed by atoms with Gasteiger partial charge in [-0.15, -0.1) is 0 Å². The lowest BCUT2D eigenvalue weighted by Gasteiger charge is -2.16. The molecule has 0 bridgehead atoms. The normalized spacial score (nSPS) is 14.3. The zero-order chi connectivity index (χ0) is 18.2. The van der Waals surface area contributed by atoms with Gasteiger partial charge in [-0.1, -0.05) is 78.9 Å². The Bertz CT molecular complexity index is 918. The molecule has 3 aromatic rings. The smallest absolute Gasteiger partial charge is 0.0781 e. The molecule has 2 unspecified atom stereocenters. The predicted octanol–water partition coefficient (Wildman–Crippen LogP) is 4.32. The first-order valence-corrected chi connectivity index (χ1v) is 10.4. The van der Waals surface area contributed by atoms with E-state index in [1.165, 1.54) is 0 Å². The van der Waals surface area contributed by atoms with Gasteiger partial charge in [0.15, 0.2) is 0 Å². The fraction of sp³-hybridized carbons (Fsp3) is 0.182. The number of rotatable bonds is 7. The van der Waals surface area contributed by atoms with Crippen molar-refractivity contribution in [2.24, 2.45) is 4.36 Å². The highest BCUT2D eigenvalue weighted by Crippen LogP contribution is 2.18. The zero-order valence-electron chi connectivity index (χ0n) is 14.6. The zero-order valence-corrected chi connectivity index (χ0v) is 15.4. The molecular formula is C22H23NO2S. The Kier molecular flexibility index (Phi) is 6.21. The van der Waals surface area contributed by atoms with Crippen LogP contribution in [0.3, 0.4) is 0 Å². The summed E-state index contributed by atoms with van der Waals surface area (Å²) in [5.74, 6) is 0.124. The van der Waals surface area contributed by atoms with Crippen molar-refractivity contribution in [3.05, 3.63) is 102 Å². The van der Waals surface area contributed by atoms with Crippen LogP contribution in [0, 0.1) is 0 Å². The molecule has 3 aromatic carbocycles. The van der Waals surface area contributed by atoms with Crippen molar-refractivity contribution >= 4 is 9.73 Å². The van der Waals surface area contributed by atoms with Gasteiger partial charge in [0.1, 0.15) is 0 Å². The van der Waals surface area contributed by atoms with Gasteiger partial charge < -0.3 is 5.11 Å². The lowest BCUT2D eigenvalue weighted by Crippen LogP contribution is -2.23. The van der Waals surface area contributed by atoms with Gasteiger partial charge in [-0.2, -0.15) is 0 Å². The number of aliphatic hydroxyl groups excluding tert-OH is 1. The summed E-state index contributed by atoms with van der Waals surface area (Å²) >= 11 is 0. The predicted molar refractivity (Wildman–Crippen MR) is 106 cm³/mol. The minimum Gasteiger partial charge on any atom is -0.392 e. The van der Waals surface area contributed by atoms with Gasteiger partial charge in [0.05, 0.1) is 28.1 Å². The Morgan fingerprint density at radius 3 is 1.85 bits per heavy atom. The summed E-state index contributed by atoms with van der Waals surface area (Å²) in [5, 5.41) is 10.6. The highest BCUT2D eigenvalue weighted by molar-refractivity contribution is 7.93. The van der Waals surface area contributed by atoms with Crippen molar-refractivity contribution in [2.45, 2.75) is 24.0 Å². The molecule has 26 heavy (non-hydrogen) atoms. The second-order valence-electron chi connectivity index (χ2n) is 6.24. The summed E-state index contributed by atoms with van der Waals surface area (Å²) < 4.78 is 18.2.